The maximum Gasteiger partial charge on any atom is 0.472 e. The topological polar surface area (TPSA) is 237 Å². The number of hydrogen-bond acceptors (Lipinski definition) is 15. The van der Waals surface area contributed by atoms with Crippen LogP contribution in [-0.2, 0) is 65.4 Å². The molecule has 0 spiro atoms. The van der Waals surface area contributed by atoms with Crippen molar-refractivity contribution in [1.29, 1.82) is 0 Å². The number of unbranched alkanes of at least 4 members (excludes halogenated alkanes) is 50. The van der Waals surface area contributed by atoms with E-state index in [9.17, 15) is 43.2 Å². The van der Waals surface area contributed by atoms with Gasteiger partial charge in [-0.3, -0.25) is 37.3 Å². The van der Waals surface area contributed by atoms with Gasteiger partial charge in [-0.2, -0.15) is 0 Å². The molecule has 3 unspecified atom stereocenters. The van der Waals surface area contributed by atoms with Gasteiger partial charge in [-0.25, -0.2) is 9.13 Å². The first-order valence-corrected chi connectivity index (χ1v) is 46.9. The number of aliphatic hydroxyl groups is 1. The van der Waals surface area contributed by atoms with Gasteiger partial charge in [0, 0.05) is 25.7 Å². The highest BCUT2D eigenvalue weighted by Crippen LogP contribution is 2.45. The van der Waals surface area contributed by atoms with Crippen LogP contribution in [0.25, 0.3) is 0 Å². The third kappa shape index (κ3) is 76.8. The summed E-state index contributed by atoms with van der Waals surface area (Å²) in [5.74, 6) is 0.257. The lowest BCUT2D eigenvalue weighted by atomic mass is 9.99. The molecule has 0 aromatic rings. The standard InChI is InChI=1S/C85H166O17P2/c1-8-10-11-12-13-14-15-16-17-18-19-20-21-28-33-38-47-54-61-68-84(89)101-80(72-95-82(87)66-59-52-45-37-32-27-23-22-26-31-36-44-51-58-65-78(7)9-2)74-99-103(91,92)97-70-79(86)71-98-104(93,94)100-75-81(73-96-83(88)67-60-53-46-41-40-43-50-57-64-77(5)6)102-85(90)69-62-55-48-39-34-29-24-25-30-35-42-49-56-63-76(3)4/h76-81,86H,8-75H2,1-7H3,(H,91,92)(H,93,94)/t78?,79-,80-,81-/m1/s1. The summed E-state index contributed by atoms with van der Waals surface area (Å²) in [6, 6.07) is 0. The SMILES string of the molecule is CCCCCCCCCCCCCCCCCCCCCC(=O)O[C@H](COC(=O)CCCCCCCCCCCCCCCCC(C)CC)COP(=O)(O)OC[C@@H](O)COP(=O)(O)OC[C@@H](COC(=O)CCCCCCCCCCC(C)C)OC(=O)CCCCCCCCCCCCCCCC(C)C. The number of aliphatic hydroxyl groups excluding tert-OH is 1. The quantitative estimate of drug-likeness (QED) is 0.0222. The van der Waals surface area contributed by atoms with Gasteiger partial charge in [0.25, 0.3) is 0 Å². The molecule has 0 aliphatic carbocycles. The molecule has 0 aliphatic heterocycles. The number of rotatable bonds is 83. The number of phosphoric acid groups is 2. The van der Waals surface area contributed by atoms with Gasteiger partial charge in [0.2, 0.25) is 0 Å². The molecule has 0 heterocycles. The van der Waals surface area contributed by atoms with Crippen LogP contribution in [-0.4, -0.2) is 96.7 Å². The van der Waals surface area contributed by atoms with Crippen molar-refractivity contribution in [2.75, 3.05) is 39.6 Å². The lowest BCUT2D eigenvalue weighted by Crippen LogP contribution is -2.30. The van der Waals surface area contributed by atoms with Crippen LogP contribution in [0.2, 0.25) is 0 Å². The molecule has 0 radical (unpaired) electrons. The lowest BCUT2D eigenvalue weighted by molar-refractivity contribution is -0.161. The zero-order valence-electron chi connectivity index (χ0n) is 68.5. The summed E-state index contributed by atoms with van der Waals surface area (Å²) in [5, 5.41) is 10.7. The van der Waals surface area contributed by atoms with Gasteiger partial charge in [0.05, 0.1) is 26.4 Å². The Hall–Kier alpha value is -1.94. The van der Waals surface area contributed by atoms with Crippen LogP contribution in [0.15, 0.2) is 0 Å². The number of carbonyl (C=O) groups is 4. The first-order chi connectivity index (χ1) is 50.3. The van der Waals surface area contributed by atoms with E-state index in [1.807, 2.05) is 0 Å². The van der Waals surface area contributed by atoms with E-state index in [0.717, 1.165) is 108 Å². The van der Waals surface area contributed by atoms with Crippen molar-refractivity contribution in [3.05, 3.63) is 0 Å². The van der Waals surface area contributed by atoms with Crippen molar-refractivity contribution in [2.45, 2.75) is 465 Å². The van der Waals surface area contributed by atoms with E-state index in [1.165, 1.54) is 257 Å². The van der Waals surface area contributed by atoms with E-state index in [-0.39, 0.29) is 25.7 Å². The Morgan fingerprint density at radius 3 is 0.731 bits per heavy atom. The Labute approximate surface area is 638 Å². The zero-order chi connectivity index (χ0) is 76.5. The van der Waals surface area contributed by atoms with E-state index < -0.39 is 97.5 Å². The highest BCUT2D eigenvalue weighted by Gasteiger charge is 2.30. The Morgan fingerprint density at radius 1 is 0.279 bits per heavy atom. The number of esters is 4. The molecule has 0 fully saturated rings. The molecule has 0 aromatic heterocycles. The highest BCUT2D eigenvalue weighted by molar-refractivity contribution is 7.47. The van der Waals surface area contributed by atoms with Crippen molar-refractivity contribution in [2.24, 2.45) is 17.8 Å². The maximum atomic E-state index is 13.1. The van der Waals surface area contributed by atoms with Gasteiger partial charge < -0.3 is 33.8 Å². The van der Waals surface area contributed by atoms with E-state index in [1.54, 1.807) is 0 Å². The monoisotopic (exact) mass is 1520 g/mol. The summed E-state index contributed by atoms with van der Waals surface area (Å²) in [5.41, 5.74) is 0. The number of ether oxygens (including phenoxy) is 4. The molecule has 0 amide bonds. The van der Waals surface area contributed by atoms with Crippen LogP contribution in [0, 0.1) is 17.8 Å². The Balaban J connectivity index is 5.25. The summed E-state index contributed by atoms with van der Waals surface area (Å²) >= 11 is 0. The molecule has 3 N–H and O–H groups in total. The van der Waals surface area contributed by atoms with E-state index in [0.29, 0.717) is 25.7 Å². The van der Waals surface area contributed by atoms with Gasteiger partial charge in [-0.15, -0.1) is 0 Å². The third-order valence-electron chi connectivity index (χ3n) is 20.2. The molecule has 0 bridgehead atoms. The number of hydrogen-bond donors (Lipinski definition) is 3. The largest absolute Gasteiger partial charge is 0.472 e. The molecule has 0 aliphatic rings. The van der Waals surface area contributed by atoms with Gasteiger partial charge in [-0.1, -0.05) is 395 Å². The fourth-order valence-electron chi connectivity index (χ4n) is 13.2. The van der Waals surface area contributed by atoms with E-state index >= 15 is 0 Å². The fraction of sp³-hybridized carbons (Fsp3) is 0.953. The first kappa shape index (κ1) is 102. The minimum atomic E-state index is -4.97. The van der Waals surface area contributed by atoms with Crippen LogP contribution in [0.3, 0.4) is 0 Å². The molecule has 6 atom stereocenters. The van der Waals surface area contributed by atoms with Crippen LogP contribution >= 0.6 is 15.6 Å². The zero-order valence-corrected chi connectivity index (χ0v) is 70.3. The van der Waals surface area contributed by atoms with Crippen LogP contribution in [0.1, 0.15) is 447 Å². The second-order valence-electron chi connectivity index (χ2n) is 31.8. The summed E-state index contributed by atoms with van der Waals surface area (Å²) < 4.78 is 68.9. The van der Waals surface area contributed by atoms with Gasteiger partial charge in [0.1, 0.15) is 19.3 Å². The van der Waals surface area contributed by atoms with Gasteiger partial charge in [0.15, 0.2) is 12.2 Å². The number of carbonyl (C=O) groups excluding carboxylic acids is 4. The smallest absolute Gasteiger partial charge is 0.462 e. The lowest BCUT2D eigenvalue weighted by Gasteiger charge is -2.21. The predicted molar refractivity (Wildman–Crippen MR) is 428 cm³/mol. The van der Waals surface area contributed by atoms with Crippen LogP contribution in [0.4, 0.5) is 0 Å². The van der Waals surface area contributed by atoms with Crippen LogP contribution < -0.4 is 0 Å². The summed E-state index contributed by atoms with van der Waals surface area (Å²) in [4.78, 5) is 73.2. The fourth-order valence-corrected chi connectivity index (χ4v) is 14.7. The average molecular weight is 1520 g/mol. The predicted octanol–water partition coefficient (Wildman–Crippen LogP) is 25.7. The molecular formula is C85H166O17P2. The first-order valence-electron chi connectivity index (χ1n) is 43.9. The second kappa shape index (κ2) is 75.1. The van der Waals surface area contributed by atoms with Crippen molar-refractivity contribution in [3.63, 3.8) is 0 Å². The molecule has 0 rings (SSSR count). The third-order valence-corrected chi connectivity index (χ3v) is 22.1. The molecular weight excluding hydrogens is 1350 g/mol. The minimum absolute atomic E-state index is 0.107. The normalized spacial score (nSPS) is 14.2. The average Bonchev–Trinajstić information content (AvgIpc) is 0.910. The second-order valence-corrected chi connectivity index (χ2v) is 34.7. The summed E-state index contributed by atoms with van der Waals surface area (Å²) in [6.07, 6.45) is 65.2. The summed E-state index contributed by atoms with van der Waals surface area (Å²) in [7, 11) is -9.93. The van der Waals surface area contributed by atoms with Crippen molar-refractivity contribution < 1.29 is 80.2 Å². The molecule has 0 aromatic carbocycles. The minimum Gasteiger partial charge on any atom is -0.462 e. The van der Waals surface area contributed by atoms with Crippen molar-refractivity contribution in [1.82, 2.24) is 0 Å². The Morgan fingerprint density at radius 2 is 0.490 bits per heavy atom. The molecule has 19 heteroatoms. The maximum absolute atomic E-state index is 13.1. The summed E-state index contributed by atoms with van der Waals surface area (Å²) in [6.45, 7) is 12.0. The van der Waals surface area contributed by atoms with Crippen molar-refractivity contribution in [3.8, 4) is 0 Å². The Kier molecular flexibility index (Phi) is 73.7. The van der Waals surface area contributed by atoms with Crippen LogP contribution in [0.5, 0.6) is 0 Å². The van der Waals surface area contributed by atoms with E-state index in [2.05, 4.69) is 48.5 Å². The number of phosphoric ester groups is 2. The van der Waals surface area contributed by atoms with Gasteiger partial charge in [-0.05, 0) is 43.4 Å². The van der Waals surface area contributed by atoms with Crippen molar-refractivity contribution >= 4 is 39.5 Å². The van der Waals surface area contributed by atoms with E-state index in [4.69, 9.17) is 37.0 Å². The molecule has 0 saturated carbocycles. The molecule has 0 saturated heterocycles. The molecule has 618 valence electrons. The molecule has 104 heavy (non-hydrogen) atoms. The Bertz CT molecular complexity index is 2010. The van der Waals surface area contributed by atoms with Gasteiger partial charge >= 0.3 is 39.5 Å². The molecule has 17 nitrogen and oxygen atoms in total. The highest BCUT2D eigenvalue weighted by atomic mass is 31.2.